The summed E-state index contributed by atoms with van der Waals surface area (Å²) in [6, 6.07) is 6.23. The molecule has 0 unspecified atom stereocenters. The molecule has 0 saturated carbocycles. The van der Waals surface area contributed by atoms with E-state index in [4.69, 9.17) is 0 Å². The molecule has 21 heavy (non-hydrogen) atoms. The first-order chi connectivity index (χ1) is 10.0. The molecule has 0 fully saturated rings. The number of hydrogen-bond donors (Lipinski definition) is 3. The van der Waals surface area contributed by atoms with Gasteiger partial charge in [0.15, 0.2) is 5.78 Å². The molecule has 0 bridgehead atoms. The fraction of sp³-hybridized carbons (Fsp3) is 0.400. The van der Waals surface area contributed by atoms with Crippen molar-refractivity contribution in [2.24, 2.45) is 0 Å². The maximum Gasteiger partial charge on any atom is 0.319 e. The predicted molar refractivity (Wildman–Crippen MR) is 81.4 cm³/mol. The van der Waals surface area contributed by atoms with Crippen LogP contribution in [0.1, 0.15) is 37.0 Å². The Labute approximate surface area is 124 Å². The van der Waals surface area contributed by atoms with Gasteiger partial charge >= 0.3 is 6.03 Å². The van der Waals surface area contributed by atoms with Crippen LogP contribution >= 0.6 is 0 Å². The number of carbonyl (C=O) groups is 3. The zero-order chi connectivity index (χ0) is 15.7. The van der Waals surface area contributed by atoms with E-state index >= 15 is 0 Å². The Morgan fingerprint density at radius 3 is 2.24 bits per heavy atom. The highest BCUT2D eigenvalue weighted by molar-refractivity contribution is 5.95. The molecule has 0 saturated heterocycles. The fourth-order valence-corrected chi connectivity index (χ4v) is 1.61. The van der Waals surface area contributed by atoms with Gasteiger partial charge in [-0.3, -0.25) is 9.59 Å². The predicted octanol–water partition coefficient (Wildman–Crippen LogP) is 1.93. The van der Waals surface area contributed by atoms with E-state index in [0.717, 1.165) is 6.42 Å². The van der Waals surface area contributed by atoms with Crippen LogP contribution in [-0.4, -0.2) is 30.8 Å². The molecular weight excluding hydrogens is 270 g/mol. The third-order valence-electron chi connectivity index (χ3n) is 2.76. The molecule has 0 atom stereocenters. The van der Waals surface area contributed by atoms with Crippen LogP contribution in [0.2, 0.25) is 0 Å². The summed E-state index contributed by atoms with van der Waals surface area (Å²) in [6.07, 6.45) is 1.13. The molecule has 0 aromatic heterocycles. The molecule has 1 rings (SSSR count). The normalized spacial score (nSPS) is 9.81. The van der Waals surface area contributed by atoms with Gasteiger partial charge in [0.2, 0.25) is 5.91 Å². The van der Waals surface area contributed by atoms with Crippen molar-refractivity contribution in [3.05, 3.63) is 29.8 Å². The molecular formula is C15H21N3O3. The summed E-state index contributed by atoms with van der Waals surface area (Å²) < 4.78 is 0. The highest BCUT2D eigenvalue weighted by atomic mass is 16.2. The van der Waals surface area contributed by atoms with Gasteiger partial charge in [-0.25, -0.2) is 4.79 Å². The van der Waals surface area contributed by atoms with Crippen molar-refractivity contribution in [3.8, 4) is 0 Å². The van der Waals surface area contributed by atoms with Crippen LogP contribution in [0.3, 0.4) is 0 Å². The van der Waals surface area contributed by atoms with Gasteiger partial charge in [0.05, 0.1) is 0 Å². The van der Waals surface area contributed by atoms with Crippen LogP contribution < -0.4 is 16.0 Å². The van der Waals surface area contributed by atoms with E-state index in [0.29, 0.717) is 17.8 Å². The molecule has 0 radical (unpaired) electrons. The van der Waals surface area contributed by atoms with Gasteiger partial charge in [0.1, 0.15) is 0 Å². The lowest BCUT2D eigenvalue weighted by Gasteiger charge is -2.08. The molecule has 0 aliphatic heterocycles. The Hall–Kier alpha value is -2.37. The summed E-state index contributed by atoms with van der Waals surface area (Å²) in [4.78, 5) is 34.1. The van der Waals surface area contributed by atoms with Crippen molar-refractivity contribution in [1.29, 1.82) is 0 Å². The van der Waals surface area contributed by atoms with E-state index < -0.39 is 0 Å². The van der Waals surface area contributed by atoms with Crippen LogP contribution in [-0.2, 0) is 4.79 Å². The average molecular weight is 291 g/mol. The van der Waals surface area contributed by atoms with Crippen LogP contribution in [0.25, 0.3) is 0 Å². The van der Waals surface area contributed by atoms with E-state index in [-0.39, 0.29) is 30.7 Å². The highest BCUT2D eigenvalue weighted by Gasteiger charge is 2.04. The van der Waals surface area contributed by atoms with Gasteiger partial charge in [-0.2, -0.15) is 0 Å². The van der Waals surface area contributed by atoms with Crippen molar-refractivity contribution in [3.63, 3.8) is 0 Å². The number of rotatable bonds is 7. The molecule has 1 aromatic carbocycles. The minimum atomic E-state index is -0.381. The lowest BCUT2D eigenvalue weighted by atomic mass is 10.1. The molecule has 114 valence electrons. The summed E-state index contributed by atoms with van der Waals surface area (Å²) in [7, 11) is 0. The monoisotopic (exact) mass is 291 g/mol. The van der Waals surface area contributed by atoms with E-state index in [9.17, 15) is 14.4 Å². The maximum atomic E-state index is 11.6. The summed E-state index contributed by atoms with van der Waals surface area (Å²) in [5, 5.41) is 7.96. The van der Waals surface area contributed by atoms with Gasteiger partial charge in [0, 0.05) is 30.8 Å². The molecule has 3 N–H and O–H groups in total. The first kappa shape index (κ1) is 16.7. The second-order valence-electron chi connectivity index (χ2n) is 4.61. The van der Waals surface area contributed by atoms with Crippen LogP contribution in [0.5, 0.6) is 0 Å². The third kappa shape index (κ3) is 6.56. The Morgan fingerprint density at radius 2 is 1.67 bits per heavy atom. The first-order valence-corrected chi connectivity index (χ1v) is 6.95. The molecule has 0 heterocycles. The Kier molecular flexibility index (Phi) is 6.94. The van der Waals surface area contributed by atoms with E-state index in [2.05, 4.69) is 16.0 Å². The number of Topliss-reactive ketones (excluding diaryl/α,β-unsaturated/α-hetero) is 1. The van der Waals surface area contributed by atoms with E-state index in [1.807, 2.05) is 6.92 Å². The number of amides is 3. The van der Waals surface area contributed by atoms with Crippen molar-refractivity contribution >= 4 is 23.4 Å². The van der Waals surface area contributed by atoms with E-state index in [1.165, 1.54) is 6.92 Å². The number of anilines is 1. The smallest absolute Gasteiger partial charge is 0.319 e. The van der Waals surface area contributed by atoms with Crippen LogP contribution in [0.15, 0.2) is 24.3 Å². The Balaban J connectivity index is 2.30. The number of carbonyl (C=O) groups excluding carboxylic acids is 3. The molecule has 1 aromatic rings. The minimum Gasteiger partial charge on any atom is -0.356 e. The zero-order valence-corrected chi connectivity index (χ0v) is 12.4. The zero-order valence-electron chi connectivity index (χ0n) is 12.4. The van der Waals surface area contributed by atoms with Gasteiger partial charge < -0.3 is 16.0 Å². The molecule has 0 spiro atoms. The molecule has 0 aliphatic rings. The lowest BCUT2D eigenvalue weighted by Crippen LogP contribution is -2.33. The fourth-order valence-electron chi connectivity index (χ4n) is 1.61. The standard InChI is InChI=1S/C15H21N3O3/c1-3-9-16-14(20)8-10-17-15(21)18-13-6-4-12(5-7-13)11(2)19/h4-7H,3,8-10H2,1-2H3,(H,16,20)(H2,17,18,21). The number of ketones is 1. The first-order valence-electron chi connectivity index (χ1n) is 6.95. The van der Waals surface area contributed by atoms with Gasteiger partial charge in [-0.15, -0.1) is 0 Å². The number of benzene rings is 1. The quantitative estimate of drug-likeness (QED) is 0.671. The van der Waals surface area contributed by atoms with Crippen molar-refractivity contribution in [1.82, 2.24) is 10.6 Å². The third-order valence-corrected chi connectivity index (χ3v) is 2.76. The van der Waals surface area contributed by atoms with Crippen LogP contribution in [0.4, 0.5) is 10.5 Å². The summed E-state index contributed by atoms with van der Waals surface area (Å²) in [5.41, 5.74) is 1.18. The van der Waals surface area contributed by atoms with Gasteiger partial charge in [0.25, 0.3) is 0 Å². The summed E-state index contributed by atoms with van der Waals surface area (Å²) in [5.74, 6) is -0.105. The molecule has 6 nitrogen and oxygen atoms in total. The maximum absolute atomic E-state index is 11.6. The largest absolute Gasteiger partial charge is 0.356 e. The number of urea groups is 1. The summed E-state index contributed by atoms with van der Waals surface area (Å²) in [6.45, 7) is 4.38. The van der Waals surface area contributed by atoms with Crippen molar-refractivity contribution in [2.45, 2.75) is 26.7 Å². The highest BCUT2D eigenvalue weighted by Crippen LogP contribution is 2.09. The van der Waals surface area contributed by atoms with Gasteiger partial charge in [-0.1, -0.05) is 6.92 Å². The second kappa shape index (κ2) is 8.73. The number of nitrogens with one attached hydrogen (secondary N) is 3. The minimum absolute atomic E-state index is 0.0240. The average Bonchev–Trinajstić information content (AvgIpc) is 2.45. The topological polar surface area (TPSA) is 87.3 Å². The second-order valence-corrected chi connectivity index (χ2v) is 4.61. The summed E-state index contributed by atoms with van der Waals surface area (Å²) >= 11 is 0. The van der Waals surface area contributed by atoms with Crippen molar-refractivity contribution in [2.75, 3.05) is 18.4 Å². The SMILES string of the molecule is CCCNC(=O)CCNC(=O)Nc1ccc(C(C)=O)cc1. The van der Waals surface area contributed by atoms with Gasteiger partial charge in [-0.05, 0) is 37.6 Å². The van der Waals surface area contributed by atoms with E-state index in [1.54, 1.807) is 24.3 Å². The molecule has 0 aliphatic carbocycles. The molecule has 6 heteroatoms. The Bertz CT molecular complexity index is 497. The number of hydrogen-bond acceptors (Lipinski definition) is 3. The van der Waals surface area contributed by atoms with Crippen molar-refractivity contribution < 1.29 is 14.4 Å². The lowest BCUT2D eigenvalue weighted by molar-refractivity contribution is -0.120. The molecule has 3 amide bonds. The van der Waals surface area contributed by atoms with Crippen LogP contribution in [0, 0.1) is 0 Å². The Morgan fingerprint density at radius 1 is 1.00 bits per heavy atom.